The van der Waals surface area contributed by atoms with Crippen molar-refractivity contribution in [3.05, 3.63) is 66.1 Å². The SMILES string of the molecule is Cc1ccc(C(C)(O)CNC(=O)c2cc(-n3cccn3)ccn2)o1. The second-order valence-electron chi connectivity index (χ2n) is 5.72. The van der Waals surface area contributed by atoms with E-state index in [0.717, 1.165) is 5.69 Å². The van der Waals surface area contributed by atoms with Crippen molar-refractivity contribution in [2.45, 2.75) is 19.4 Å². The first-order valence-electron chi connectivity index (χ1n) is 7.49. The molecule has 3 rings (SSSR count). The number of aryl methyl sites for hydroxylation is 1. The van der Waals surface area contributed by atoms with E-state index >= 15 is 0 Å². The molecule has 0 aliphatic rings. The zero-order valence-electron chi connectivity index (χ0n) is 13.4. The van der Waals surface area contributed by atoms with Gasteiger partial charge in [-0.25, -0.2) is 4.68 Å². The van der Waals surface area contributed by atoms with E-state index in [-0.39, 0.29) is 18.1 Å². The van der Waals surface area contributed by atoms with Crippen molar-refractivity contribution >= 4 is 5.91 Å². The highest BCUT2D eigenvalue weighted by molar-refractivity contribution is 5.92. The van der Waals surface area contributed by atoms with Crippen molar-refractivity contribution in [3.63, 3.8) is 0 Å². The quantitative estimate of drug-likeness (QED) is 0.746. The molecule has 0 spiro atoms. The van der Waals surface area contributed by atoms with E-state index in [1.165, 1.54) is 0 Å². The minimum Gasteiger partial charge on any atom is -0.463 e. The first-order valence-corrected chi connectivity index (χ1v) is 7.49. The Hall–Kier alpha value is -2.93. The summed E-state index contributed by atoms with van der Waals surface area (Å²) in [6.07, 6.45) is 4.98. The lowest BCUT2D eigenvalue weighted by molar-refractivity contribution is 0.0322. The molecule has 1 atom stereocenters. The molecule has 0 bridgehead atoms. The number of hydrogen-bond donors (Lipinski definition) is 2. The van der Waals surface area contributed by atoms with Crippen LogP contribution in [-0.2, 0) is 5.60 Å². The molecule has 0 aliphatic heterocycles. The Kier molecular flexibility index (Phi) is 4.18. The first kappa shape index (κ1) is 15.9. The molecule has 24 heavy (non-hydrogen) atoms. The minimum atomic E-state index is -1.30. The van der Waals surface area contributed by atoms with Crippen LogP contribution in [0.5, 0.6) is 0 Å². The Morgan fingerprint density at radius 2 is 2.21 bits per heavy atom. The van der Waals surface area contributed by atoms with Gasteiger partial charge in [-0.1, -0.05) is 0 Å². The van der Waals surface area contributed by atoms with E-state index in [9.17, 15) is 9.90 Å². The molecule has 7 nitrogen and oxygen atoms in total. The van der Waals surface area contributed by atoms with Crippen LogP contribution in [0.15, 0.2) is 53.3 Å². The maximum absolute atomic E-state index is 12.3. The summed E-state index contributed by atoms with van der Waals surface area (Å²) in [6.45, 7) is 3.38. The number of aliphatic hydroxyl groups is 1. The lowest BCUT2D eigenvalue weighted by Crippen LogP contribution is -2.38. The molecular weight excluding hydrogens is 308 g/mol. The molecule has 0 radical (unpaired) electrons. The van der Waals surface area contributed by atoms with Crippen LogP contribution in [0.25, 0.3) is 5.69 Å². The average molecular weight is 326 g/mol. The van der Waals surface area contributed by atoms with Crippen LogP contribution < -0.4 is 5.32 Å². The van der Waals surface area contributed by atoms with E-state index in [2.05, 4.69) is 15.4 Å². The molecule has 3 heterocycles. The molecule has 124 valence electrons. The largest absolute Gasteiger partial charge is 0.463 e. The molecule has 3 aromatic heterocycles. The fourth-order valence-electron chi connectivity index (χ4n) is 2.26. The number of hydrogen-bond acceptors (Lipinski definition) is 5. The van der Waals surface area contributed by atoms with E-state index < -0.39 is 5.60 Å². The minimum absolute atomic E-state index is 0.00641. The third kappa shape index (κ3) is 3.36. The number of carbonyl (C=O) groups excluding carboxylic acids is 1. The van der Waals surface area contributed by atoms with Gasteiger partial charge in [0.1, 0.15) is 22.8 Å². The number of furan rings is 1. The number of nitrogens with zero attached hydrogens (tertiary/aromatic N) is 3. The van der Waals surface area contributed by atoms with Crippen molar-refractivity contribution in [1.29, 1.82) is 0 Å². The van der Waals surface area contributed by atoms with Crippen molar-refractivity contribution < 1.29 is 14.3 Å². The second kappa shape index (κ2) is 6.29. The van der Waals surface area contributed by atoms with Gasteiger partial charge in [-0.15, -0.1) is 0 Å². The van der Waals surface area contributed by atoms with E-state index in [1.54, 1.807) is 67.5 Å². The van der Waals surface area contributed by atoms with Crippen LogP contribution in [-0.4, -0.2) is 32.3 Å². The normalized spacial score (nSPS) is 13.5. The Morgan fingerprint density at radius 3 is 2.88 bits per heavy atom. The van der Waals surface area contributed by atoms with Gasteiger partial charge in [-0.3, -0.25) is 9.78 Å². The van der Waals surface area contributed by atoms with Gasteiger partial charge in [-0.05, 0) is 44.2 Å². The third-order valence-corrected chi connectivity index (χ3v) is 3.61. The van der Waals surface area contributed by atoms with Crippen molar-refractivity contribution in [3.8, 4) is 5.69 Å². The van der Waals surface area contributed by atoms with Crippen LogP contribution in [0, 0.1) is 6.92 Å². The molecule has 0 aliphatic carbocycles. The van der Waals surface area contributed by atoms with Crippen LogP contribution in [0.2, 0.25) is 0 Å². The first-order chi connectivity index (χ1) is 11.5. The van der Waals surface area contributed by atoms with Crippen LogP contribution in [0.4, 0.5) is 0 Å². The Morgan fingerprint density at radius 1 is 1.38 bits per heavy atom. The summed E-state index contributed by atoms with van der Waals surface area (Å²) in [6, 6.07) is 8.64. The summed E-state index contributed by atoms with van der Waals surface area (Å²) >= 11 is 0. The molecule has 0 fully saturated rings. The molecule has 1 amide bonds. The lowest BCUT2D eigenvalue weighted by atomic mass is 10.0. The van der Waals surface area contributed by atoms with Gasteiger partial charge in [0.15, 0.2) is 0 Å². The smallest absolute Gasteiger partial charge is 0.270 e. The molecule has 2 N–H and O–H groups in total. The molecule has 0 saturated heterocycles. The Bertz CT molecular complexity index is 837. The average Bonchev–Trinajstić information content (AvgIpc) is 3.24. The highest BCUT2D eigenvalue weighted by Crippen LogP contribution is 2.22. The zero-order chi connectivity index (χ0) is 17.2. The highest BCUT2D eigenvalue weighted by Gasteiger charge is 2.27. The van der Waals surface area contributed by atoms with E-state index in [4.69, 9.17) is 4.42 Å². The van der Waals surface area contributed by atoms with Crippen LogP contribution in [0.1, 0.15) is 28.9 Å². The third-order valence-electron chi connectivity index (χ3n) is 3.61. The topological polar surface area (TPSA) is 93.2 Å². The molecule has 0 aromatic carbocycles. The second-order valence-corrected chi connectivity index (χ2v) is 5.72. The van der Waals surface area contributed by atoms with Crippen LogP contribution >= 0.6 is 0 Å². The highest BCUT2D eigenvalue weighted by atomic mass is 16.4. The number of rotatable bonds is 5. The van der Waals surface area contributed by atoms with Crippen LogP contribution in [0.3, 0.4) is 0 Å². The van der Waals surface area contributed by atoms with Gasteiger partial charge in [0, 0.05) is 18.6 Å². The number of nitrogens with one attached hydrogen (secondary N) is 1. The predicted octanol–water partition coefficient (Wildman–Crippen LogP) is 1.81. The molecule has 0 saturated carbocycles. The zero-order valence-corrected chi connectivity index (χ0v) is 13.4. The maximum atomic E-state index is 12.3. The van der Waals surface area contributed by atoms with Gasteiger partial charge >= 0.3 is 0 Å². The predicted molar refractivity (Wildman–Crippen MR) is 86.7 cm³/mol. The number of aromatic nitrogens is 3. The maximum Gasteiger partial charge on any atom is 0.270 e. The fraction of sp³-hybridized carbons (Fsp3) is 0.235. The molecule has 3 aromatic rings. The van der Waals surface area contributed by atoms with Gasteiger partial charge in [0.25, 0.3) is 5.91 Å². The van der Waals surface area contributed by atoms with Gasteiger partial charge in [0.05, 0.1) is 12.2 Å². The van der Waals surface area contributed by atoms with Crippen molar-refractivity contribution in [2.24, 2.45) is 0 Å². The van der Waals surface area contributed by atoms with Crippen molar-refractivity contribution in [2.75, 3.05) is 6.54 Å². The summed E-state index contributed by atoms with van der Waals surface area (Å²) in [7, 11) is 0. The number of amides is 1. The van der Waals surface area contributed by atoms with Crippen molar-refractivity contribution in [1.82, 2.24) is 20.1 Å². The number of pyridine rings is 1. The Labute approximate surface area is 138 Å². The molecule has 7 heteroatoms. The molecule has 1 unspecified atom stereocenters. The Balaban J connectivity index is 1.70. The monoisotopic (exact) mass is 326 g/mol. The molecular formula is C17H18N4O3. The standard InChI is InChI=1S/C17H18N4O3/c1-12-4-5-15(24-12)17(2,23)11-19-16(22)14-10-13(6-8-18-14)21-9-3-7-20-21/h3-10,23H,11H2,1-2H3,(H,19,22). The van der Waals surface area contributed by atoms with E-state index in [0.29, 0.717) is 11.5 Å². The summed E-state index contributed by atoms with van der Waals surface area (Å²) in [5, 5.41) is 17.3. The summed E-state index contributed by atoms with van der Waals surface area (Å²) in [5.74, 6) is 0.719. The lowest BCUT2D eigenvalue weighted by Gasteiger charge is -2.21. The fourth-order valence-corrected chi connectivity index (χ4v) is 2.26. The van der Waals surface area contributed by atoms with Gasteiger partial charge in [0.2, 0.25) is 0 Å². The summed E-state index contributed by atoms with van der Waals surface area (Å²) < 4.78 is 7.06. The van der Waals surface area contributed by atoms with Gasteiger partial charge < -0.3 is 14.8 Å². The summed E-state index contributed by atoms with van der Waals surface area (Å²) in [4.78, 5) is 16.4. The van der Waals surface area contributed by atoms with E-state index in [1.807, 2.05) is 0 Å². The van der Waals surface area contributed by atoms with Gasteiger partial charge in [-0.2, -0.15) is 5.10 Å². The summed E-state index contributed by atoms with van der Waals surface area (Å²) in [5.41, 5.74) is -0.327. The number of carbonyl (C=O) groups is 1.